The van der Waals surface area contributed by atoms with Crippen LogP contribution in [-0.4, -0.2) is 14.5 Å². The molecule has 21 heavy (non-hydrogen) atoms. The van der Waals surface area contributed by atoms with Gasteiger partial charge in [0.2, 0.25) is 10.0 Å². The molecule has 5 heteroatoms. The van der Waals surface area contributed by atoms with Gasteiger partial charge in [0.15, 0.2) is 0 Å². The third kappa shape index (κ3) is 2.30. The van der Waals surface area contributed by atoms with Crippen molar-refractivity contribution in [3.63, 3.8) is 0 Å². The molecule has 2 fully saturated rings. The summed E-state index contributed by atoms with van der Waals surface area (Å²) < 4.78 is 41.0. The third-order valence-electron chi connectivity index (χ3n) is 5.67. The highest BCUT2D eigenvalue weighted by molar-refractivity contribution is 7.89. The Bertz CT molecular complexity index is 649. The summed E-state index contributed by atoms with van der Waals surface area (Å²) in [5, 5.41) is 0. The van der Waals surface area contributed by atoms with Crippen LogP contribution in [0, 0.1) is 22.6 Å². The first-order chi connectivity index (χ1) is 9.65. The fraction of sp³-hybridized carbons (Fsp3) is 0.625. The second-order valence-corrected chi connectivity index (χ2v) is 9.14. The van der Waals surface area contributed by atoms with Gasteiger partial charge in [0.1, 0.15) is 5.82 Å². The average Bonchev–Trinajstić information content (AvgIpc) is 2.87. The van der Waals surface area contributed by atoms with Crippen LogP contribution in [0.15, 0.2) is 29.2 Å². The first-order valence-electron chi connectivity index (χ1n) is 7.43. The minimum absolute atomic E-state index is 0.0290. The van der Waals surface area contributed by atoms with E-state index in [1.807, 2.05) is 0 Å². The summed E-state index contributed by atoms with van der Waals surface area (Å²) in [4.78, 5) is 0.131. The Labute approximate surface area is 126 Å². The van der Waals surface area contributed by atoms with Crippen LogP contribution in [-0.2, 0) is 10.0 Å². The predicted molar refractivity (Wildman–Crippen MR) is 79.7 cm³/mol. The summed E-state index contributed by atoms with van der Waals surface area (Å²) in [5.74, 6) is 0.143. The molecule has 116 valence electrons. The van der Waals surface area contributed by atoms with Gasteiger partial charge in [-0.1, -0.05) is 20.8 Å². The zero-order valence-electron chi connectivity index (χ0n) is 12.7. The second kappa shape index (κ2) is 4.53. The number of fused-ring (bicyclic) bond motifs is 2. The summed E-state index contributed by atoms with van der Waals surface area (Å²) in [6, 6.07) is 4.93. The van der Waals surface area contributed by atoms with Gasteiger partial charge in [-0.15, -0.1) is 0 Å². The van der Waals surface area contributed by atoms with Gasteiger partial charge in [0.25, 0.3) is 0 Å². The summed E-state index contributed by atoms with van der Waals surface area (Å²) in [6.45, 7) is 6.49. The lowest BCUT2D eigenvalue weighted by atomic mass is 9.69. The Morgan fingerprint density at radius 3 is 2.33 bits per heavy atom. The Morgan fingerprint density at radius 1 is 1.19 bits per heavy atom. The minimum atomic E-state index is -3.61. The SMILES string of the molecule is CC1(C)[C@H]2CC[C@](C)(C2)[C@H]1NS(=O)(=O)c1ccc(F)cc1. The zero-order chi connectivity index (χ0) is 15.5. The number of rotatable bonds is 3. The van der Waals surface area contributed by atoms with Gasteiger partial charge < -0.3 is 0 Å². The van der Waals surface area contributed by atoms with Gasteiger partial charge in [-0.3, -0.25) is 0 Å². The molecule has 1 aromatic rings. The lowest BCUT2D eigenvalue weighted by Gasteiger charge is -2.42. The molecule has 0 spiro atoms. The summed E-state index contributed by atoms with van der Waals surface area (Å²) in [6.07, 6.45) is 3.33. The molecule has 0 amide bonds. The Balaban J connectivity index is 1.91. The number of halogens is 1. The number of sulfonamides is 1. The van der Waals surface area contributed by atoms with Crippen molar-refractivity contribution in [1.82, 2.24) is 4.72 Å². The van der Waals surface area contributed by atoms with E-state index < -0.39 is 15.8 Å². The Hall–Kier alpha value is -0.940. The van der Waals surface area contributed by atoms with Crippen LogP contribution in [0.3, 0.4) is 0 Å². The van der Waals surface area contributed by atoms with E-state index >= 15 is 0 Å². The molecule has 2 aliphatic carbocycles. The zero-order valence-corrected chi connectivity index (χ0v) is 13.5. The van der Waals surface area contributed by atoms with E-state index in [0.717, 1.165) is 12.8 Å². The van der Waals surface area contributed by atoms with Crippen LogP contribution in [0.5, 0.6) is 0 Å². The molecular formula is C16H22FNO2S. The maximum absolute atomic E-state index is 13.0. The highest BCUT2D eigenvalue weighted by Crippen LogP contribution is 2.62. The molecule has 0 saturated heterocycles. The molecule has 1 aromatic carbocycles. The number of benzene rings is 1. The van der Waals surface area contributed by atoms with Gasteiger partial charge in [0, 0.05) is 6.04 Å². The molecule has 0 heterocycles. The number of hydrogen-bond acceptors (Lipinski definition) is 2. The van der Waals surface area contributed by atoms with E-state index in [-0.39, 0.29) is 21.8 Å². The molecule has 0 unspecified atom stereocenters. The normalized spacial score (nSPS) is 34.3. The molecule has 0 aliphatic heterocycles. The van der Waals surface area contributed by atoms with Gasteiger partial charge >= 0.3 is 0 Å². The first-order valence-corrected chi connectivity index (χ1v) is 8.91. The maximum Gasteiger partial charge on any atom is 0.240 e. The topological polar surface area (TPSA) is 46.2 Å². The lowest BCUT2D eigenvalue weighted by molar-refractivity contribution is 0.127. The van der Waals surface area contributed by atoms with Crippen molar-refractivity contribution >= 4 is 10.0 Å². The van der Waals surface area contributed by atoms with Crippen molar-refractivity contribution in [1.29, 1.82) is 0 Å². The largest absolute Gasteiger partial charge is 0.240 e. The molecule has 2 bridgehead atoms. The molecule has 3 rings (SSSR count). The van der Waals surface area contributed by atoms with Crippen LogP contribution in [0.25, 0.3) is 0 Å². The summed E-state index contributed by atoms with van der Waals surface area (Å²) in [5.41, 5.74) is -0.0125. The smallest absolute Gasteiger partial charge is 0.207 e. The number of nitrogens with one attached hydrogen (secondary N) is 1. The second-order valence-electron chi connectivity index (χ2n) is 7.42. The van der Waals surface area contributed by atoms with Crippen LogP contribution < -0.4 is 4.72 Å². The highest BCUT2D eigenvalue weighted by atomic mass is 32.2. The van der Waals surface area contributed by atoms with Gasteiger partial charge in [-0.05, 0) is 60.3 Å². The molecule has 3 nitrogen and oxygen atoms in total. The van der Waals surface area contributed by atoms with E-state index in [1.54, 1.807) is 0 Å². The van der Waals surface area contributed by atoms with Crippen molar-refractivity contribution in [3.8, 4) is 0 Å². The van der Waals surface area contributed by atoms with E-state index in [4.69, 9.17) is 0 Å². The Morgan fingerprint density at radius 2 is 1.81 bits per heavy atom. The first kappa shape index (κ1) is 15.0. The molecule has 3 atom stereocenters. The van der Waals surface area contributed by atoms with Crippen molar-refractivity contribution in [2.24, 2.45) is 16.7 Å². The fourth-order valence-corrected chi connectivity index (χ4v) is 5.96. The van der Waals surface area contributed by atoms with Crippen molar-refractivity contribution in [2.75, 3.05) is 0 Å². The molecule has 0 radical (unpaired) electrons. The third-order valence-corrected chi connectivity index (χ3v) is 7.11. The van der Waals surface area contributed by atoms with E-state index in [2.05, 4.69) is 25.5 Å². The lowest BCUT2D eigenvalue weighted by Crippen LogP contribution is -2.52. The van der Waals surface area contributed by atoms with E-state index in [0.29, 0.717) is 5.92 Å². The molecule has 1 N–H and O–H groups in total. The maximum atomic E-state index is 13.0. The highest BCUT2D eigenvalue weighted by Gasteiger charge is 2.60. The van der Waals surface area contributed by atoms with Crippen molar-refractivity contribution < 1.29 is 12.8 Å². The van der Waals surface area contributed by atoms with E-state index in [9.17, 15) is 12.8 Å². The van der Waals surface area contributed by atoms with Crippen molar-refractivity contribution in [3.05, 3.63) is 30.1 Å². The van der Waals surface area contributed by atoms with Crippen LogP contribution in [0.4, 0.5) is 4.39 Å². The van der Waals surface area contributed by atoms with E-state index in [1.165, 1.54) is 30.7 Å². The average molecular weight is 311 g/mol. The number of hydrogen-bond donors (Lipinski definition) is 1. The van der Waals surface area contributed by atoms with Crippen molar-refractivity contribution in [2.45, 2.75) is 51.0 Å². The minimum Gasteiger partial charge on any atom is -0.207 e. The monoisotopic (exact) mass is 311 g/mol. The quantitative estimate of drug-likeness (QED) is 0.931. The fourth-order valence-electron chi connectivity index (χ4n) is 4.43. The predicted octanol–water partition coefficient (Wildman–Crippen LogP) is 3.32. The summed E-state index contributed by atoms with van der Waals surface area (Å²) in [7, 11) is -3.61. The van der Waals surface area contributed by atoms with Crippen LogP contribution in [0.2, 0.25) is 0 Å². The van der Waals surface area contributed by atoms with Crippen LogP contribution >= 0.6 is 0 Å². The van der Waals surface area contributed by atoms with Crippen LogP contribution in [0.1, 0.15) is 40.0 Å². The standard InChI is InChI=1S/C16H22FNO2S/c1-15(2)11-8-9-16(3,10-11)14(15)18-21(19,20)13-6-4-12(17)5-7-13/h4-7,11,14,18H,8-10H2,1-3H3/t11-,14-,16+/m0/s1. The van der Waals surface area contributed by atoms with Gasteiger partial charge in [0.05, 0.1) is 4.90 Å². The van der Waals surface area contributed by atoms with Gasteiger partial charge in [-0.2, -0.15) is 0 Å². The van der Waals surface area contributed by atoms with Gasteiger partial charge in [-0.25, -0.2) is 17.5 Å². The summed E-state index contributed by atoms with van der Waals surface area (Å²) >= 11 is 0. The molecular weight excluding hydrogens is 289 g/mol. The molecule has 2 saturated carbocycles. The molecule has 0 aromatic heterocycles. The Kier molecular flexibility index (Phi) is 3.23. The molecule has 2 aliphatic rings.